The highest BCUT2D eigenvalue weighted by molar-refractivity contribution is 7.21. The molecule has 5 rings (SSSR count). The number of rotatable bonds is 4. The Morgan fingerprint density at radius 1 is 1.27 bits per heavy atom. The number of phenolic OH excluding ortho intramolecular Hbond substituents is 1. The molecule has 0 amide bonds. The van der Waals surface area contributed by atoms with Crippen LogP contribution in [-0.4, -0.2) is 27.6 Å². The van der Waals surface area contributed by atoms with Crippen molar-refractivity contribution in [2.75, 3.05) is 6.54 Å². The highest BCUT2D eigenvalue weighted by Gasteiger charge is 2.26. The summed E-state index contributed by atoms with van der Waals surface area (Å²) in [5.41, 5.74) is 3.24. The molecule has 0 spiro atoms. The maximum Gasteiger partial charge on any atom is 0.203 e. The van der Waals surface area contributed by atoms with Crippen LogP contribution in [0.15, 0.2) is 39.5 Å². The smallest absolute Gasteiger partial charge is 0.203 e. The van der Waals surface area contributed by atoms with E-state index in [2.05, 4.69) is 11.8 Å². The van der Waals surface area contributed by atoms with Crippen LogP contribution in [0.1, 0.15) is 62.8 Å². The van der Waals surface area contributed by atoms with Crippen molar-refractivity contribution in [2.24, 2.45) is 0 Å². The minimum Gasteiger partial charge on any atom is -0.507 e. The Kier molecular flexibility index (Phi) is 5.75. The van der Waals surface area contributed by atoms with Gasteiger partial charge in [-0.2, -0.15) is 0 Å². The molecule has 1 saturated heterocycles. The van der Waals surface area contributed by atoms with Crippen molar-refractivity contribution in [1.29, 1.82) is 0 Å². The van der Waals surface area contributed by atoms with E-state index < -0.39 is 0 Å². The van der Waals surface area contributed by atoms with Crippen LogP contribution >= 0.6 is 11.3 Å². The van der Waals surface area contributed by atoms with E-state index in [0.29, 0.717) is 45.5 Å². The molecule has 1 N–H and O–H groups in total. The van der Waals surface area contributed by atoms with Gasteiger partial charge in [-0.25, -0.2) is 4.98 Å². The summed E-state index contributed by atoms with van der Waals surface area (Å²) in [6.45, 7) is 9.75. The molecule has 4 aromatic rings. The zero-order valence-electron chi connectivity index (χ0n) is 19.6. The van der Waals surface area contributed by atoms with Gasteiger partial charge in [0, 0.05) is 29.6 Å². The van der Waals surface area contributed by atoms with Gasteiger partial charge in [0.05, 0.1) is 21.2 Å². The zero-order valence-corrected chi connectivity index (χ0v) is 20.5. The van der Waals surface area contributed by atoms with E-state index in [9.17, 15) is 9.90 Å². The van der Waals surface area contributed by atoms with Gasteiger partial charge < -0.3 is 9.52 Å². The number of thiazole rings is 1. The summed E-state index contributed by atoms with van der Waals surface area (Å²) in [6.07, 6.45) is 3.57. The lowest BCUT2D eigenvalue weighted by atomic mass is 9.98. The molecule has 33 heavy (non-hydrogen) atoms. The number of nitrogens with zero attached hydrogens (tertiary/aromatic N) is 2. The number of fused-ring (bicyclic) bond motifs is 2. The fourth-order valence-corrected chi connectivity index (χ4v) is 5.90. The van der Waals surface area contributed by atoms with Crippen molar-refractivity contribution in [3.63, 3.8) is 0 Å². The number of phenols is 1. The monoisotopic (exact) mass is 462 g/mol. The normalized spacial score (nSPS) is 17.4. The van der Waals surface area contributed by atoms with Gasteiger partial charge in [-0.3, -0.25) is 9.69 Å². The van der Waals surface area contributed by atoms with E-state index >= 15 is 0 Å². The second kappa shape index (κ2) is 8.58. The number of benzene rings is 2. The molecule has 0 aliphatic carbocycles. The molecule has 1 fully saturated rings. The summed E-state index contributed by atoms with van der Waals surface area (Å²) in [7, 11) is 0. The highest BCUT2D eigenvalue weighted by Crippen LogP contribution is 2.38. The van der Waals surface area contributed by atoms with Gasteiger partial charge in [-0.1, -0.05) is 32.4 Å². The first-order valence-corrected chi connectivity index (χ1v) is 12.6. The molecule has 5 nitrogen and oxygen atoms in total. The Morgan fingerprint density at radius 3 is 2.79 bits per heavy atom. The van der Waals surface area contributed by atoms with E-state index in [1.54, 1.807) is 0 Å². The quantitative estimate of drug-likeness (QED) is 0.371. The van der Waals surface area contributed by atoms with Crippen LogP contribution in [-0.2, 0) is 6.54 Å². The van der Waals surface area contributed by atoms with E-state index in [0.717, 1.165) is 28.7 Å². The molecule has 1 aliphatic heterocycles. The molecule has 0 bridgehead atoms. The fraction of sp³-hybridized carbons (Fsp3) is 0.407. The van der Waals surface area contributed by atoms with Crippen molar-refractivity contribution in [3.8, 4) is 16.3 Å². The second-order valence-electron chi connectivity index (χ2n) is 9.51. The van der Waals surface area contributed by atoms with Crippen molar-refractivity contribution in [1.82, 2.24) is 9.88 Å². The van der Waals surface area contributed by atoms with Crippen molar-refractivity contribution < 1.29 is 9.52 Å². The highest BCUT2D eigenvalue weighted by atomic mass is 32.1. The van der Waals surface area contributed by atoms with Crippen LogP contribution in [0, 0.1) is 6.92 Å². The molecule has 1 aliphatic rings. The Hall–Kier alpha value is -2.70. The standard InChI is InChI=1S/C27H30N2O3S/c1-15(2)25-22(27-28-20-10-5-6-11-21(20)33-27)24(31)19-13-18(23(30)17(4)26(19)32-25)14-29-12-8-7-9-16(29)3/h5-6,10-11,13,15-16,30H,7-9,12,14H2,1-4H3. The minimum atomic E-state index is -0.0740. The molecular formula is C27H30N2O3S. The van der Waals surface area contributed by atoms with Crippen LogP contribution in [0.2, 0.25) is 0 Å². The largest absolute Gasteiger partial charge is 0.507 e. The number of para-hydroxylation sites is 1. The molecular weight excluding hydrogens is 432 g/mol. The van der Waals surface area contributed by atoms with Gasteiger partial charge in [0.1, 0.15) is 22.1 Å². The summed E-state index contributed by atoms with van der Waals surface area (Å²) in [6, 6.07) is 10.2. The second-order valence-corrected chi connectivity index (χ2v) is 10.5. The van der Waals surface area contributed by atoms with Gasteiger partial charge in [0.2, 0.25) is 5.43 Å². The van der Waals surface area contributed by atoms with E-state index in [1.807, 2.05) is 51.1 Å². The van der Waals surface area contributed by atoms with Crippen LogP contribution in [0.3, 0.4) is 0 Å². The zero-order chi connectivity index (χ0) is 23.3. The summed E-state index contributed by atoms with van der Waals surface area (Å²) in [5, 5.41) is 12.2. The lowest BCUT2D eigenvalue weighted by Crippen LogP contribution is -2.36. The van der Waals surface area contributed by atoms with E-state index in [4.69, 9.17) is 9.40 Å². The van der Waals surface area contributed by atoms with Crippen molar-refractivity contribution in [3.05, 3.63) is 57.4 Å². The number of likely N-dealkylation sites (tertiary alicyclic amines) is 1. The molecule has 0 radical (unpaired) electrons. The molecule has 1 unspecified atom stereocenters. The SMILES string of the molecule is Cc1c(O)c(CN2CCCCC2C)cc2c(=O)c(-c3nc4ccccc4s3)c(C(C)C)oc12. The summed E-state index contributed by atoms with van der Waals surface area (Å²) < 4.78 is 7.40. The van der Waals surface area contributed by atoms with Crippen LogP contribution in [0.4, 0.5) is 0 Å². The first-order valence-electron chi connectivity index (χ1n) is 11.8. The van der Waals surface area contributed by atoms with Gasteiger partial charge in [0.15, 0.2) is 0 Å². The van der Waals surface area contributed by atoms with Gasteiger partial charge in [-0.15, -0.1) is 11.3 Å². The van der Waals surface area contributed by atoms with Crippen molar-refractivity contribution >= 4 is 32.5 Å². The number of piperidine rings is 1. The summed E-state index contributed by atoms with van der Waals surface area (Å²) in [5.74, 6) is 0.844. The minimum absolute atomic E-state index is 0.000434. The number of aryl methyl sites for hydroxylation is 1. The predicted octanol–water partition coefficient (Wildman–Crippen LogP) is 6.58. The number of aromatic nitrogens is 1. The van der Waals surface area contributed by atoms with Gasteiger partial charge in [0.25, 0.3) is 0 Å². The third-order valence-corrected chi connectivity index (χ3v) is 7.89. The maximum atomic E-state index is 13.9. The molecule has 3 heterocycles. The molecule has 2 aromatic carbocycles. The molecule has 172 valence electrons. The predicted molar refractivity (Wildman–Crippen MR) is 135 cm³/mol. The lowest BCUT2D eigenvalue weighted by Gasteiger charge is -2.33. The fourth-order valence-electron chi connectivity index (χ4n) is 4.89. The van der Waals surface area contributed by atoms with Crippen LogP contribution < -0.4 is 5.43 Å². The number of hydrogen-bond donors (Lipinski definition) is 1. The molecule has 1 atom stereocenters. The topological polar surface area (TPSA) is 66.6 Å². The maximum absolute atomic E-state index is 13.9. The molecule has 0 saturated carbocycles. The average Bonchev–Trinajstić information content (AvgIpc) is 3.22. The van der Waals surface area contributed by atoms with Gasteiger partial charge in [-0.05, 0) is 51.4 Å². The first kappa shape index (κ1) is 22.1. The lowest BCUT2D eigenvalue weighted by molar-refractivity contribution is 0.151. The van der Waals surface area contributed by atoms with E-state index in [1.165, 1.54) is 24.2 Å². The Balaban J connectivity index is 1.72. The van der Waals surface area contributed by atoms with Gasteiger partial charge >= 0.3 is 0 Å². The summed E-state index contributed by atoms with van der Waals surface area (Å²) >= 11 is 1.52. The third-order valence-electron chi connectivity index (χ3n) is 6.84. The number of aromatic hydroxyl groups is 1. The van der Waals surface area contributed by atoms with Crippen LogP contribution in [0.5, 0.6) is 5.75 Å². The summed E-state index contributed by atoms with van der Waals surface area (Å²) in [4.78, 5) is 21.1. The van der Waals surface area contributed by atoms with Crippen LogP contribution in [0.25, 0.3) is 31.8 Å². The Labute approximate surface area is 197 Å². The third kappa shape index (κ3) is 3.85. The Bertz CT molecular complexity index is 1370. The average molecular weight is 463 g/mol. The van der Waals surface area contributed by atoms with Crippen molar-refractivity contribution in [2.45, 2.75) is 65.5 Å². The molecule has 6 heteroatoms. The number of hydrogen-bond acceptors (Lipinski definition) is 6. The Morgan fingerprint density at radius 2 is 2.06 bits per heavy atom. The van der Waals surface area contributed by atoms with E-state index in [-0.39, 0.29) is 17.1 Å². The molecule has 2 aromatic heterocycles. The first-order chi connectivity index (χ1) is 15.8.